The van der Waals surface area contributed by atoms with Crippen molar-refractivity contribution in [1.29, 1.82) is 0 Å². The van der Waals surface area contributed by atoms with Gasteiger partial charge in [0.05, 0.1) is 0 Å². The fourth-order valence-corrected chi connectivity index (χ4v) is 3.61. The summed E-state index contributed by atoms with van der Waals surface area (Å²) < 4.78 is 13.0. The third-order valence-electron chi connectivity index (χ3n) is 4.90. The van der Waals surface area contributed by atoms with Crippen molar-refractivity contribution in [3.63, 3.8) is 0 Å². The summed E-state index contributed by atoms with van der Waals surface area (Å²) >= 11 is 0. The Kier molecular flexibility index (Phi) is 3.59. The molecule has 2 fully saturated rings. The molecule has 0 aromatic heterocycles. The summed E-state index contributed by atoms with van der Waals surface area (Å²) in [5, 5.41) is 0. The minimum Gasteiger partial charge on any atom is -0.327 e. The molecule has 2 nitrogen and oxygen atoms in total. The molecule has 4 atom stereocenters. The molecule has 0 amide bonds. The van der Waals surface area contributed by atoms with Gasteiger partial charge in [0.15, 0.2) is 0 Å². The van der Waals surface area contributed by atoms with E-state index in [4.69, 9.17) is 5.73 Å². The van der Waals surface area contributed by atoms with Crippen LogP contribution in [-0.2, 0) is 0 Å². The quantitative estimate of drug-likeness (QED) is 0.888. The van der Waals surface area contributed by atoms with Crippen LogP contribution in [0.2, 0.25) is 0 Å². The van der Waals surface area contributed by atoms with Crippen LogP contribution in [0.4, 0.5) is 4.39 Å². The van der Waals surface area contributed by atoms with Gasteiger partial charge in [-0.15, -0.1) is 0 Å². The van der Waals surface area contributed by atoms with E-state index in [0.29, 0.717) is 12.0 Å². The van der Waals surface area contributed by atoms with Crippen LogP contribution in [0.15, 0.2) is 24.3 Å². The molecule has 3 heteroatoms. The fraction of sp³-hybridized carbons (Fsp3) is 0.625. The minimum absolute atomic E-state index is 0.159. The summed E-state index contributed by atoms with van der Waals surface area (Å²) in [5.41, 5.74) is 7.46. The first-order chi connectivity index (χ1) is 9.13. The number of likely N-dealkylation sites (tertiary alicyclic amines) is 1. The summed E-state index contributed by atoms with van der Waals surface area (Å²) in [6.07, 6.45) is 3.67. The van der Waals surface area contributed by atoms with Gasteiger partial charge in [0.1, 0.15) is 5.82 Å². The molecule has 0 bridgehead atoms. The van der Waals surface area contributed by atoms with Crippen molar-refractivity contribution >= 4 is 0 Å². The summed E-state index contributed by atoms with van der Waals surface area (Å²) in [7, 11) is 0. The molecule has 1 aromatic carbocycles. The van der Waals surface area contributed by atoms with Crippen LogP contribution in [0.5, 0.6) is 0 Å². The number of hydrogen-bond acceptors (Lipinski definition) is 2. The predicted molar refractivity (Wildman–Crippen MR) is 75.5 cm³/mol. The highest BCUT2D eigenvalue weighted by atomic mass is 19.1. The summed E-state index contributed by atoms with van der Waals surface area (Å²) in [5.74, 6) is 1.10. The summed E-state index contributed by atoms with van der Waals surface area (Å²) in [4.78, 5) is 2.57. The SMILES string of the molecule is CC1CCC1N1CC(N)CC(c2ccc(F)cc2)C1. The molecule has 4 unspecified atom stereocenters. The van der Waals surface area contributed by atoms with Crippen LogP contribution in [0.3, 0.4) is 0 Å². The lowest BCUT2D eigenvalue weighted by Crippen LogP contribution is -2.55. The molecule has 19 heavy (non-hydrogen) atoms. The second kappa shape index (κ2) is 5.22. The predicted octanol–water partition coefficient (Wildman–Crippen LogP) is 2.74. The molecule has 1 aliphatic carbocycles. The van der Waals surface area contributed by atoms with Crippen molar-refractivity contribution in [1.82, 2.24) is 4.90 Å². The van der Waals surface area contributed by atoms with E-state index < -0.39 is 0 Å². The molecule has 3 rings (SSSR count). The van der Waals surface area contributed by atoms with Crippen molar-refractivity contribution in [2.24, 2.45) is 11.7 Å². The van der Waals surface area contributed by atoms with Crippen molar-refractivity contribution in [3.8, 4) is 0 Å². The number of nitrogens with zero attached hydrogens (tertiary/aromatic N) is 1. The second-order valence-corrected chi connectivity index (χ2v) is 6.32. The Hall–Kier alpha value is -0.930. The van der Waals surface area contributed by atoms with Crippen LogP contribution in [-0.4, -0.2) is 30.1 Å². The van der Waals surface area contributed by atoms with Gasteiger partial charge in [0.2, 0.25) is 0 Å². The molecule has 0 radical (unpaired) electrons. The van der Waals surface area contributed by atoms with Gasteiger partial charge < -0.3 is 5.73 Å². The van der Waals surface area contributed by atoms with Crippen molar-refractivity contribution in [2.45, 2.75) is 44.2 Å². The number of rotatable bonds is 2. The average molecular weight is 262 g/mol. The highest BCUT2D eigenvalue weighted by Gasteiger charge is 2.36. The summed E-state index contributed by atoms with van der Waals surface area (Å²) in [6, 6.07) is 7.92. The topological polar surface area (TPSA) is 29.3 Å². The van der Waals surface area contributed by atoms with Gasteiger partial charge >= 0.3 is 0 Å². The smallest absolute Gasteiger partial charge is 0.123 e. The Morgan fingerprint density at radius 1 is 1.16 bits per heavy atom. The lowest BCUT2D eigenvalue weighted by atomic mass is 9.77. The Labute approximate surface area is 114 Å². The molecule has 1 aliphatic heterocycles. The lowest BCUT2D eigenvalue weighted by Gasteiger charge is -2.48. The minimum atomic E-state index is -0.159. The van der Waals surface area contributed by atoms with E-state index in [0.717, 1.165) is 25.4 Å². The second-order valence-electron chi connectivity index (χ2n) is 6.32. The van der Waals surface area contributed by atoms with Crippen molar-refractivity contribution in [2.75, 3.05) is 13.1 Å². The maximum absolute atomic E-state index is 13.0. The highest BCUT2D eigenvalue weighted by molar-refractivity contribution is 5.22. The molecule has 2 aliphatic rings. The van der Waals surface area contributed by atoms with E-state index in [-0.39, 0.29) is 11.9 Å². The fourth-order valence-electron chi connectivity index (χ4n) is 3.61. The number of benzene rings is 1. The average Bonchev–Trinajstić information content (AvgIpc) is 2.37. The molecular weight excluding hydrogens is 239 g/mol. The Morgan fingerprint density at radius 3 is 2.47 bits per heavy atom. The zero-order valence-electron chi connectivity index (χ0n) is 11.6. The number of nitrogens with two attached hydrogens (primary N) is 1. The van der Waals surface area contributed by atoms with E-state index in [1.165, 1.54) is 18.4 Å². The lowest BCUT2D eigenvalue weighted by molar-refractivity contribution is 0.0419. The maximum atomic E-state index is 13.0. The van der Waals surface area contributed by atoms with Crippen LogP contribution >= 0.6 is 0 Å². The van der Waals surface area contributed by atoms with E-state index in [1.807, 2.05) is 12.1 Å². The highest BCUT2D eigenvalue weighted by Crippen LogP contribution is 2.36. The molecule has 2 N–H and O–H groups in total. The third kappa shape index (κ3) is 2.67. The molecule has 1 aromatic rings. The first-order valence-corrected chi connectivity index (χ1v) is 7.38. The number of piperidine rings is 1. The Morgan fingerprint density at radius 2 is 1.89 bits per heavy atom. The van der Waals surface area contributed by atoms with Crippen molar-refractivity contribution in [3.05, 3.63) is 35.6 Å². The standard InChI is InChI=1S/C16H23FN2/c1-11-2-7-16(11)19-9-13(8-15(18)10-19)12-3-5-14(17)6-4-12/h3-6,11,13,15-16H,2,7-10,18H2,1H3. The van der Waals surface area contributed by atoms with Crippen LogP contribution in [0.25, 0.3) is 0 Å². The Balaban J connectivity index is 1.73. The normalized spacial score (nSPS) is 35.9. The maximum Gasteiger partial charge on any atom is 0.123 e. The van der Waals surface area contributed by atoms with E-state index >= 15 is 0 Å². The van der Waals surface area contributed by atoms with Gasteiger partial charge in [0, 0.05) is 25.2 Å². The van der Waals surface area contributed by atoms with E-state index in [9.17, 15) is 4.39 Å². The number of halogens is 1. The Bertz CT molecular complexity index is 431. The van der Waals surface area contributed by atoms with E-state index in [2.05, 4.69) is 11.8 Å². The first-order valence-electron chi connectivity index (χ1n) is 7.38. The molecule has 104 valence electrons. The molecule has 1 heterocycles. The van der Waals surface area contributed by atoms with Gasteiger partial charge in [-0.3, -0.25) is 4.90 Å². The van der Waals surface area contributed by atoms with Gasteiger partial charge in [-0.1, -0.05) is 19.1 Å². The van der Waals surface area contributed by atoms with Crippen molar-refractivity contribution < 1.29 is 4.39 Å². The van der Waals surface area contributed by atoms with Gasteiger partial charge in [-0.05, 0) is 48.8 Å². The van der Waals surface area contributed by atoms with Crippen LogP contribution < -0.4 is 5.73 Å². The first kappa shape index (κ1) is 13.1. The summed E-state index contributed by atoms with van der Waals surface area (Å²) in [6.45, 7) is 4.43. The molecule has 1 saturated heterocycles. The van der Waals surface area contributed by atoms with Crippen LogP contribution in [0.1, 0.15) is 37.7 Å². The van der Waals surface area contributed by atoms with Gasteiger partial charge in [0.25, 0.3) is 0 Å². The molecule has 1 saturated carbocycles. The molecule has 0 spiro atoms. The van der Waals surface area contributed by atoms with Gasteiger partial charge in [-0.25, -0.2) is 4.39 Å². The zero-order valence-corrected chi connectivity index (χ0v) is 11.6. The van der Waals surface area contributed by atoms with E-state index in [1.54, 1.807) is 12.1 Å². The molecular formula is C16H23FN2. The third-order valence-corrected chi connectivity index (χ3v) is 4.90. The monoisotopic (exact) mass is 262 g/mol. The zero-order chi connectivity index (χ0) is 13.4. The number of hydrogen-bond donors (Lipinski definition) is 1. The van der Waals surface area contributed by atoms with Gasteiger partial charge in [-0.2, -0.15) is 0 Å². The van der Waals surface area contributed by atoms with Crippen LogP contribution in [0, 0.1) is 11.7 Å². The largest absolute Gasteiger partial charge is 0.327 e.